The van der Waals surface area contributed by atoms with Crippen molar-refractivity contribution in [3.63, 3.8) is 0 Å². The number of urea groups is 1. The summed E-state index contributed by atoms with van der Waals surface area (Å²) in [5, 5.41) is 0. The van der Waals surface area contributed by atoms with Crippen molar-refractivity contribution in [2.45, 2.75) is 13.8 Å². The lowest BCUT2D eigenvalue weighted by molar-refractivity contribution is 0.0980. The highest BCUT2D eigenvalue weighted by Gasteiger charge is 2.25. The van der Waals surface area contributed by atoms with Crippen molar-refractivity contribution >= 4 is 33.5 Å². The van der Waals surface area contributed by atoms with Crippen LogP contribution in [0.25, 0.3) is 0 Å². The fourth-order valence-electron chi connectivity index (χ4n) is 2.92. The lowest BCUT2D eigenvalue weighted by Crippen LogP contribution is -2.47. The van der Waals surface area contributed by atoms with E-state index in [9.17, 15) is 18.0 Å². The molecule has 3 amide bonds. The Morgan fingerprint density at radius 3 is 2.07 bits per heavy atom. The van der Waals surface area contributed by atoms with E-state index in [-0.39, 0.29) is 5.56 Å². The number of rotatable bonds is 5. The average molecular weight is 423 g/mol. The van der Waals surface area contributed by atoms with Gasteiger partial charge in [-0.15, -0.1) is 0 Å². The molecule has 0 saturated heterocycles. The molecule has 154 valence electrons. The summed E-state index contributed by atoms with van der Waals surface area (Å²) in [5.74, 6) is -0.824. The third-order valence-corrected chi connectivity index (χ3v) is 5.21. The summed E-state index contributed by atoms with van der Waals surface area (Å²) in [6.07, 6.45) is 0. The summed E-state index contributed by atoms with van der Waals surface area (Å²) < 4.78 is 28.8. The Kier molecular flexibility index (Phi) is 6.17. The van der Waals surface area contributed by atoms with Gasteiger partial charge in [0.25, 0.3) is 5.91 Å². The first kappa shape index (κ1) is 21.1. The second-order valence-electron chi connectivity index (χ2n) is 6.67. The van der Waals surface area contributed by atoms with Crippen LogP contribution in [0, 0.1) is 13.8 Å². The van der Waals surface area contributed by atoms with Crippen LogP contribution in [0.5, 0.6) is 0 Å². The van der Waals surface area contributed by atoms with E-state index in [0.717, 1.165) is 5.56 Å². The van der Waals surface area contributed by atoms with Gasteiger partial charge in [-0.2, -0.15) is 8.42 Å². The maximum Gasteiger partial charge on any atom is 0.341 e. The molecule has 0 aromatic heterocycles. The van der Waals surface area contributed by atoms with E-state index < -0.39 is 22.1 Å². The number of amides is 3. The molecule has 0 unspecified atom stereocenters. The molecule has 0 atom stereocenters. The predicted molar refractivity (Wildman–Crippen MR) is 116 cm³/mol. The Bertz CT molecular complexity index is 1180. The van der Waals surface area contributed by atoms with Crippen molar-refractivity contribution < 1.29 is 18.0 Å². The number of aryl methyl sites for hydroxylation is 2. The van der Waals surface area contributed by atoms with Crippen LogP contribution in [0.15, 0.2) is 78.9 Å². The zero-order valence-corrected chi connectivity index (χ0v) is 17.3. The van der Waals surface area contributed by atoms with Gasteiger partial charge in [-0.25, -0.2) is 14.2 Å². The number of carbonyl (C=O) groups excluding carboxylic acids is 2. The van der Waals surface area contributed by atoms with Crippen LogP contribution in [-0.4, -0.2) is 20.4 Å². The Labute approximate surface area is 175 Å². The van der Waals surface area contributed by atoms with E-state index in [2.05, 4.69) is 0 Å². The summed E-state index contributed by atoms with van der Waals surface area (Å²) in [7, 11) is -4.46. The lowest BCUT2D eigenvalue weighted by Gasteiger charge is -2.23. The van der Waals surface area contributed by atoms with Gasteiger partial charge in [0, 0.05) is 5.56 Å². The highest BCUT2D eigenvalue weighted by atomic mass is 32.2. The highest BCUT2D eigenvalue weighted by molar-refractivity contribution is 7.88. The minimum Gasteiger partial charge on any atom is -0.268 e. The van der Waals surface area contributed by atoms with E-state index in [1.165, 1.54) is 11.0 Å². The van der Waals surface area contributed by atoms with Crippen LogP contribution in [-0.2, 0) is 10.2 Å². The molecule has 0 aliphatic heterocycles. The number of benzene rings is 3. The first-order valence-corrected chi connectivity index (χ1v) is 10.6. The number of para-hydroxylation sites is 1. The van der Waals surface area contributed by atoms with Crippen LogP contribution in [0.3, 0.4) is 0 Å². The molecule has 0 aliphatic rings. The smallest absolute Gasteiger partial charge is 0.268 e. The van der Waals surface area contributed by atoms with Gasteiger partial charge in [-0.05, 0) is 55.3 Å². The Morgan fingerprint density at radius 2 is 1.40 bits per heavy atom. The van der Waals surface area contributed by atoms with E-state index >= 15 is 0 Å². The molecule has 3 aromatic carbocycles. The summed E-state index contributed by atoms with van der Waals surface area (Å²) in [5.41, 5.74) is 2.67. The standard InChI is InChI=1S/C22H21N3O4S/c1-16-9-8-13-19(15-16)25(18-11-4-3-5-12-18)22(27)24-30(28,29)23-21(26)20-14-7-6-10-17(20)2/h3-15H,1-2H3,(H,23,26)(H,24,27). The van der Waals surface area contributed by atoms with Gasteiger partial charge in [0.05, 0.1) is 11.4 Å². The van der Waals surface area contributed by atoms with Crippen molar-refractivity contribution in [3.8, 4) is 0 Å². The van der Waals surface area contributed by atoms with E-state index in [1.54, 1.807) is 73.7 Å². The lowest BCUT2D eigenvalue weighted by atomic mass is 10.1. The molecule has 7 nitrogen and oxygen atoms in total. The molecule has 0 saturated carbocycles. The van der Waals surface area contributed by atoms with Crippen molar-refractivity contribution in [1.82, 2.24) is 9.44 Å². The van der Waals surface area contributed by atoms with Crippen molar-refractivity contribution in [1.29, 1.82) is 0 Å². The molecular weight excluding hydrogens is 402 g/mol. The molecule has 0 spiro atoms. The summed E-state index contributed by atoms with van der Waals surface area (Å²) in [4.78, 5) is 26.5. The monoisotopic (exact) mass is 423 g/mol. The summed E-state index contributed by atoms with van der Waals surface area (Å²) in [6, 6.07) is 21.3. The molecule has 0 heterocycles. The molecule has 3 rings (SSSR count). The zero-order chi connectivity index (χ0) is 21.7. The van der Waals surface area contributed by atoms with Gasteiger partial charge in [0.15, 0.2) is 0 Å². The number of anilines is 2. The summed E-state index contributed by atoms with van der Waals surface area (Å²) in [6.45, 7) is 3.55. The third kappa shape index (κ3) is 5.03. The largest absolute Gasteiger partial charge is 0.341 e. The Morgan fingerprint density at radius 1 is 0.767 bits per heavy atom. The molecule has 0 fully saturated rings. The van der Waals surface area contributed by atoms with E-state index in [1.807, 2.05) is 22.4 Å². The van der Waals surface area contributed by atoms with Crippen molar-refractivity contribution in [3.05, 3.63) is 95.6 Å². The minimum absolute atomic E-state index is 0.203. The van der Waals surface area contributed by atoms with Gasteiger partial charge in [0.2, 0.25) is 0 Å². The molecule has 8 heteroatoms. The van der Waals surface area contributed by atoms with Gasteiger partial charge in [-0.1, -0.05) is 48.5 Å². The predicted octanol–water partition coefficient (Wildman–Crippen LogP) is 3.83. The SMILES string of the molecule is Cc1cccc(N(C(=O)NS(=O)(=O)NC(=O)c2ccccc2C)c2ccccc2)c1. The van der Waals surface area contributed by atoms with Crippen molar-refractivity contribution in [2.75, 3.05) is 4.90 Å². The maximum absolute atomic E-state index is 12.9. The molecule has 3 aromatic rings. The van der Waals surface area contributed by atoms with Crippen LogP contribution in [0.1, 0.15) is 21.5 Å². The second kappa shape index (κ2) is 8.79. The fourth-order valence-corrected chi connectivity index (χ4v) is 3.64. The van der Waals surface area contributed by atoms with Crippen LogP contribution in [0.4, 0.5) is 16.2 Å². The topological polar surface area (TPSA) is 95.6 Å². The third-order valence-electron chi connectivity index (χ3n) is 4.32. The average Bonchev–Trinajstić information content (AvgIpc) is 2.68. The van der Waals surface area contributed by atoms with E-state index in [4.69, 9.17) is 0 Å². The number of hydrogen-bond acceptors (Lipinski definition) is 4. The fraction of sp³-hybridized carbons (Fsp3) is 0.0909. The molecule has 0 aliphatic carbocycles. The van der Waals surface area contributed by atoms with Crippen LogP contribution in [0.2, 0.25) is 0 Å². The first-order valence-electron chi connectivity index (χ1n) is 9.13. The molecule has 0 bridgehead atoms. The Hall–Kier alpha value is -3.65. The van der Waals surface area contributed by atoms with Gasteiger partial charge < -0.3 is 0 Å². The number of nitrogens with zero attached hydrogens (tertiary/aromatic N) is 1. The van der Waals surface area contributed by atoms with E-state index in [0.29, 0.717) is 16.9 Å². The number of hydrogen-bond donors (Lipinski definition) is 2. The minimum atomic E-state index is -4.46. The molecule has 0 radical (unpaired) electrons. The zero-order valence-electron chi connectivity index (χ0n) is 16.5. The van der Waals surface area contributed by atoms with Gasteiger partial charge in [0.1, 0.15) is 0 Å². The van der Waals surface area contributed by atoms with Gasteiger partial charge in [-0.3, -0.25) is 9.69 Å². The quantitative estimate of drug-likeness (QED) is 0.652. The normalized spacial score (nSPS) is 10.9. The Balaban J connectivity index is 1.86. The maximum atomic E-state index is 12.9. The van der Waals surface area contributed by atoms with Crippen molar-refractivity contribution in [2.24, 2.45) is 0 Å². The number of nitrogens with one attached hydrogen (secondary N) is 2. The highest BCUT2D eigenvalue weighted by Crippen LogP contribution is 2.26. The number of carbonyl (C=O) groups is 2. The first-order chi connectivity index (χ1) is 14.3. The molecule has 30 heavy (non-hydrogen) atoms. The van der Waals surface area contributed by atoms with Crippen LogP contribution < -0.4 is 14.3 Å². The molecular formula is C22H21N3O4S. The summed E-state index contributed by atoms with van der Waals surface area (Å²) >= 11 is 0. The molecule has 2 N–H and O–H groups in total. The van der Waals surface area contributed by atoms with Gasteiger partial charge >= 0.3 is 16.2 Å². The second-order valence-corrected chi connectivity index (χ2v) is 8.08. The van der Waals surface area contributed by atoms with Crippen LogP contribution >= 0.6 is 0 Å².